The van der Waals surface area contributed by atoms with Crippen LogP contribution >= 0.6 is 11.6 Å². The SMILES string of the molecule is CN1CCc2cc(-c3ccccc3Cl)c(Nc3ncc[nH]3)cc2C1. The van der Waals surface area contributed by atoms with Crippen molar-refractivity contribution in [2.24, 2.45) is 0 Å². The number of aromatic amines is 1. The molecular weight excluding hydrogens is 320 g/mol. The Labute approximate surface area is 146 Å². The lowest BCUT2D eigenvalue weighted by molar-refractivity contribution is 0.313. The molecule has 2 heterocycles. The molecule has 0 saturated carbocycles. The fraction of sp³-hybridized carbons (Fsp3) is 0.211. The lowest BCUT2D eigenvalue weighted by atomic mass is 9.93. The third-order valence-electron chi connectivity index (χ3n) is 4.46. The largest absolute Gasteiger partial charge is 0.331 e. The minimum absolute atomic E-state index is 0.729. The Kier molecular flexibility index (Phi) is 4.00. The molecular formula is C19H19ClN4. The van der Waals surface area contributed by atoms with Gasteiger partial charge >= 0.3 is 0 Å². The normalized spacial score (nSPS) is 14.4. The number of anilines is 2. The zero-order valence-electron chi connectivity index (χ0n) is 13.5. The van der Waals surface area contributed by atoms with Gasteiger partial charge in [0.25, 0.3) is 0 Å². The third-order valence-corrected chi connectivity index (χ3v) is 4.79. The van der Waals surface area contributed by atoms with Gasteiger partial charge in [0.15, 0.2) is 0 Å². The maximum absolute atomic E-state index is 6.46. The summed E-state index contributed by atoms with van der Waals surface area (Å²) >= 11 is 6.46. The Bertz CT molecular complexity index is 858. The van der Waals surface area contributed by atoms with E-state index in [1.54, 1.807) is 6.20 Å². The summed E-state index contributed by atoms with van der Waals surface area (Å²) in [5.74, 6) is 0.729. The van der Waals surface area contributed by atoms with Crippen LogP contribution in [0.4, 0.5) is 11.6 Å². The van der Waals surface area contributed by atoms with Crippen molar-refractivity contribution in [3.63, 3.8) is 0 Å². The Hall–Kier alpha value is -2.30. The van der Waals surface area contributed by atoms with Crippen molar-refractivity contribution in [1.82, 2.24) is 14.9 Å². The number of halogens is 1. The summed E-state index contributed by atoms with van der Waals surface area (Å²) in [5, 5.41) is 4.16. The molecule has 122 valence electrons. The highest BCUT2D eigenvalue weighted by atomic mass is 35.5. The number of fused-ring (bicyclic) bond motifs is 1. The fourth-order valence-electron chi connectivity index (χ4n) is 3.22. The monoisotopic (exact) mass is 338 g/mol. The van der Waals surface area contributed by atoms with Gasteiger partial charge in [0, 0.05) is 47.3 Å². The Morgan fingerprint density at radius 1 is 1.17 bits per heavy atom. The first kappa shape index (κ1) is 15.2. The van der Waals surface area contributed by atoms with Crippen LogP contribution in [-0.2, 0) is 13.0 Å². The van der Waals surface area contributed by atoms with Gasteiger partial charge in [0.2, 0.25) is 5.95 Å². The van der Waals surface area contributed by atoms with Gasteiger partial charge in [0.1, 0.15) is 0 Å². The van der Waals surface area contributed by atoms with Crippen LogP contribution in [0.15, 0.2) is 48.8 Å². The highest BCUT2D eigenvalue weighted by molar-refractivity contribution is 6.33. The second-order valence-corrected chi connectivity index (χ2v) is 6.60. The van der Waals surface area contributed by atoms with Gasteiger partial charge in [-0.2, -0.15) is 0 Å². The van der Waals surface area contributed by atoms with E-state index >= 15 is 0 Å². The van der Waals surface area contributed by atoms with Gasteiger partial charge < -0.3 is 15.2 Å². The number of benzene rings is 2. The molecule has 0 unspecified atom stereocenters. The van der Waals surface area contributed by atoms with E-state index in [1.165, 1.54) is 11.1 Å². The summed E-state index contributed by atoms with van der Waals surface area (Å²) in [6, 6.07) is 12.5. The molecule has 1 aliphatic rings. The number of hydrogen-bond acceptors (Lipinski definition) is 3. The molecule has 5 heteroatoms. The molecule has 0 fully saturated rings. The van der Waals surface area contributed by atoms with Gasteiger partial charge in [-0.25, -0.2) is 4.98 Å². The van der Waals surface area contributed by atoms with Crippen molar-refractivity contribution in [2.45, 2.75) is 13.0 Å². The van der Waals surface area contributed by atoms with Gasteiger partial charge in [-0.1, -0.05) is 29.8 Å². The van der Waals surface area contributed by atoms with Crippen LogP contribution in [0.25, 0.3) is 11.1 Å². The molecule has 1 aliphatic heterocycles. The van der Waals surface area contributed by atoms with E-state index in [0.29, 0.717) is 0 Å². The zero-order chi connectivity index (χ0) is 16.5. The first-order valence-electron chi connectivity index (χ1n) is 8.06. The molecule has 2 aromatic carbocycles. The number of H-pyrrole nitrogens is 1. The maximum atomic E-state index is 6.46. The molecule has 4 nitrogen and oxygen atoms in total. The van der Waals surface area contributed by atoms with Crippen LogP contribution in [0.2, 0.25) is 5.02 Å². The van der Waals surface area contributed by atoms with E-state index in [0.717, 1.165) is 47.3 Å². The summed E-state index contributed by atoms with van der Waals surface area (Å²) in [4.78, 5) is 9.73. The van der Waals surface area contributed by atoms with Gasteiger partial charge in [-0.15, -0.1) is 0 Å². The van der Waals surface area contributed by atoms with Crippen LogP contribution in [0.5, 0.6) is 0 Å². The average molecular weight is 339 g/mol. The standard InChI is InChI=1S/C19H19ClN4/c1-24-9-6-13-10-16(15-4-2-3-5-17(15)20)18(11-14(13)12-24)23-19-21-7-8-22-19/h2-5,7-8,10-11H,6,9,12H2,1H3,(H2,21,22,23). The summed E-state index contributed by atoms with van der Waals surface area (Å²) in [6.45, 7) is 2.05. The van der Waals surface area contributed by atoms with Crippen LogP contribution in [0.1, 0.15) is 11.1 Å². The van der Waals surface area contributed by atoms with Gasteiger partial charge in [-0.05, 0) is 42.8 Å². The molecule has 24 heavy (non-hydrogen) atoms. The minimum atomic E-state index is 0.729. The number of aromatic nitrogens is 2. The number of likely N-dealkylation sites (N-methyl/N-ethyl adjacent to an activating group) is 1. The predicted molar refractivity (Wildman–Crippen MR) is 98.8 cm³/mol. The molecule has 0 aliphatic carbocycles. The molecule has 4 rings (SSSR count). The van der Waals surface area contributed by atoms with Crippen molar-refractivity contribution >= 4 is 23.2 Å². The van der Waals surface area contributed by atoms with Crippen molar-refractivity contribution < 1.29 is 0 Å². The Balaban J connectivity index is 1.85. The van der Waals surface area contributed by atoms with E-state index in [1.807, 2.05) is 24.4 Å². The molecule has 2 N–H and O–H groups in total. The average Bonchev–Trinajstić information content (AvgIpc) is 3.08. The smallest absolute Gasteiger partial charge is 0.204 e. The van der Waals surface area contributed by atoms with Crippen molar-refractivity contribution in [3.05, 3.63) is 64.9 Å². The van der Waals surface area contributed by atoms with E-state index in [2.05, 4.69) is 45.4 Å². The molecule has 3 aromatic rings. The first-order chi connectivity index (χ1) is 11.7. The fourth-order valence-corrected chi connectivity index (χ4v) is 3.46. The summed E-state index contributed by atoms with van der Waals surface area (Å²) < 4.78 is 0. The number of rotatable bonds is 3. The maximum Gasteiger partial charge on any atom is 0.204 e. The van der Waals surface area contributed by atoms with Crippen LogP contribution < -0.4 is 5.32 Å². The molecule has 1 aromatic heterocycles. The number of nitrogens with one attached hydrogen (secondary N) is 2. The molecule has 0 saturated heterocycles. The summed E-state index contributed by atoms with van der Waals surface area (Å²) in [5.41, 5.74) is 5.92. The predicted octanol–water partition coefficient (Wildman–Crippen LogP) is 4.46. The first-order valence-corrected chi connectivity index (χ1v) is 8.44. The molecule has 0 radical (unpaired) electrons. The number of nitrogens with zero attached hydrogens (tertiary/aromatic N) is 2. The molecule has 0 atom stereocenters. The Morgan fingerprint density at radius 2 is 2.04 bits per heavy atom. The van der Waals surface area contributed by atoms with E-state index in [-0.39, 0.29) is 0 Å². The summed E-state index contributed by atoms with van der Waals surface area (Å²) in [7, 11) is 2.16. The van der Waals surface area contributed by atoms with Crippen LogP contribution in [0, 0.1) is 0 Å². The van der Waals surface area contributed by atoms with E-state index in [4.69, 9.17) is 11.6 Å². The highest BCUT2D eigenvalue weighted by Gasteiger charge is 2.18. The molecule has 0 spiro atoms. The molecule has 0 bridgehead atoms. The van der Waals surface area contributed by atoms with Gasteiger partial charge in [0.05, 0.1) is 0 Å². The second-order valence-electron chi connectivity index (χ2n) is 6.20. The Morgan fingerprint density at radius 3 is 2.83 bits per heavy atom. The topological polar surface area (TPSA) is 44.0 Å². The lowest BCUT2D eigenvalue weighted by Crippen LogP contribution is -2.26. The number of imidazole rings is 1. The van der Waals surface area contributed by atoms with Gasteiger partial charge in [-0.3, -0.25) is 0 Å². The van der Waals surface area contributed by atoms with E-state index < -0.39 is 0 Å². The van der Waals surface area contributed by atoms with Crippen LogP contribution in [0.3, 0.4) is 0 Å². The van der Waals surface area contributed by atoms with Crippen LogP contribution in [-0.4, -0.2) is 28.5 Å². The molecule has 0 amide bonds. The zero-order valence-corrected chi connectivity index (χ0v) is 14.3. The summed E-state index contributed by atoms with van der Waals surface area (Å²) in [6.07, 6.45) is 4.61. The van der Waals surface area contributed by atoms with E-state index in [9.17, 15) is 0 Å². The van der Waals surface area contributed by atoms with Crippen molar-refractivity contribution in [2.75, 3.05) is 18.9 Å². The third kappa shape index (κ3) is 2.90. The minimum Gasteiger partial charge on any atom is -0.331 e. The second kappa shape index (κ2) is 6.30. The lowest BCUT2D eigenvalue weighted by Gasteiger charge is -2.27. The van der Waals surface area contributed by atoms with Crippen molar-refractivity contribution in [3.8, 4) is 11.1 Å². The number of hydrogen-bond donors (Lipinski definition) is 2. The highest BCUT2D eigenvalue weighted by Crippen LogP contribution is 2.37. The quantitative estimate of drug-likeness (QED) is 0.741. The van der Waals surface area contributed by atoms with Crippen molar-refractivity contribution in [1.29, 1.82) is 0 Å².